The Morgan fingerprint density at radius 2 is 2.00 bits per heavy atom. The number of nitrogens with zero attached hydrogens (tertiary/aromatic N) is 2. The predicted octanol–water partition coefficient (Wildman–Crippen LogP) is 4.20. The fourth-order valence-electron chi connectivity index (χ4n) is 2.44. The Kier molecular flexibility index (Phi) is 3.85. The summed E-state index contributed by atoms with van der Waals surface area (Å²) in [6.45, 7) is 6.73. The fraction of sp³-hybridized carbons (Fsp3) is 0.857. The Hall–Kier alpha value is -0.860. The Labute approximate surface area is 104 Å². The summed E-state index contributed by atoms with van der Waals surface area (Å²) in [5.74, 6) is 2.40. The normalized spacial score (nSPS) is 19.2. The maximum atomic E-state index is 5.52. The molecule has 3 nitrogen and oxygen atoms in total. The second kappa shape index (κ2) is 5.19. The molecule has 0 aromatic carbocycles. The summed E-state index contributed by atoms with van der Waals surface area (Å²) < 4.78 is 5.52. The molecule has 96 valence electrons. The van der Waals surface area contributed by atoms with Gasteiger partial charge in [0.05, 0.1) is 0 Å². The van der Waals surface area contributed by atoms with Crippen molar-refractivity contribution >= 4 is 0 Å². The number of hydrogen-bond donors (Lipinski definition) is 0. The van der Waals surface area contributed by atoms with Crippen LogP contribution in [0.5, 0.6) is 0 Å². The van der Waals surface area contributed by atoms with Gasteiger partial charge in [-0.3, -0.25) is 0 Å². The molecule has 3 heteroatoms. The molecule has 1 aromatic heterocycles. The molecule has 0 radical (unpaired) electrons. The van der Waals surface area contributed by atoms with Gasteiger partial charge in [0.1, 0.15) is 0 Å². The van der Waals surface area contributed by atoms with Crippen molar-refractivity contribution in [2.45, 2.75) is 77.0 Å². The van der Waals surface area contributed by atoms with Gasteiger partial charge in [-0.05, 0) is 25.7 Å². The first-order valence-electron chi connectivity index (χ1n) is 7.03. The molecule has 2 rings (SSSR count). The lowest BCUT2D eigenvalue weighted by molar-refractivity contribution is 0.259. The van der Waals surface area contributed by atoms with E-state index in [-0.39, 0.29) is 5.41 Å². The van der Waals surface area contributed by atoms with E-state index in [9.17, 15) is 0 Å². The first kappa shape index (κ1) is 12.6. The summed E-state index contributed by atoms with van der Waals surface area (Å²) in [5.41, 5.74) is 0.0882. The minimum Gasteiger partial charge on any atom is -0.339 e. The van der Waals surface area contributed by atoms with E-state index in [1.54, 1.807) is 0 Å². The Bertz CT molecular complexity index is 357. The van der Waals surface area contributed by atoms with Crippen LogP contribution in [0.3, 0.4) is 0 Å². The van der Waals surface area contributed by atoms with E-state index in [0.717, 1.165) is 24.6 Å². The Balaban J connectivity index is 2.11. The lowest BCUT2D eigenvalue weighted by Crippen LogP contribution is -2.22. The van der Waals surface area contributed by atoms with Crippen LogP contribution < -0.4 is 0 Å². The lowest BCUT2D eigenvalue weighted by atomic mass is 9.80. The maximum absolute atomic E-state index is 5.52. The minimum absolute atomic E-state index is 0.0882. The van der Waals surface area contributed by atoms with E-state index in [2.05, 4.69) is 30.9 Å². The van der Waals surface area contributed by atoms with E-state index < -0.39 is 0 Å². The highest BCUT2D eigenvalue weighted by Gasteiger charge is 2.35. The highest BCUT2D eigenvalue weighted by molar-refractivity contribution is 5.08. The van der Waals surface area contributed by atoms with Gasteiger partial charge >= 0.3 is 0 Å². The summed E-state index contributed by atoms with van der Waals surface area (Å²) in [4.78, 5) is 4.64. The zero-order chi connectivity index (χ0) is 12.3. The largest absolute Gasteiger partial charge is 0.339 e. The van der Waals surface area contributed by atoms with Crippen LogP contribution in [0.2, 0.25) is 0 Å². The molecule has 0 spiro atoms. The van der Waals surface area contributed by atoms with Crippen molar-refractivity contribution in [3.05, 3.63) is 11.7 Å². The molecule has 0 saturated heterocycles. The molecule has 0 amide bonds. The topological polar surface area (TPSA) is 38.9 Å². The molecule has 1 unspecified atom stereocenters. The van der Waals surface area contributed by atoms with E-state index in [1.165, 1.54) is 32.1 Å². The Morgan fingerprint density at radius 3 is 2.59 bits per heavy atom. The van der Waals surface area contributed by atoms with Gasteiger partial charge in [0, 0.05) is 11.3 Å². The number of rotatable bonds is 7. The van der Waals surface area contributed by atoms with Gasteiger partial charge < -0.3 is 4.52 Å². The highest BCUT2D eigenvalue weighted by atomic mass is 16.5. The van der Waals surface area contributed by atoms with Crippen molar-refractivity contribution in [1.29, 1.82) is 0 Å². The van der Waals surface area contributed by atoms with Crippen molar-refractivity contribution in [3.8, 4) is 0 Å². The number of unbranched alkanes of at least 4 members (excludes halogenated alkanes) is 1. The van der Waals surface area contributed by atoms with Gasteiger partial charge in [-0.15, -0.1) is 0 Å². The van der Waals surface area contributed by atoms with Gasteiger partial charge in [-0.25, -0.2) is 0 Å². The third-order valence-electron chi connectivity index (χ3n) is 3.78. The average Bonchev–Trinajstić information content (AvgIpc) is 3.04. The van der Waals surface area contributed by atoms with Gasteiger partial charge in [0.2, 0.25) is 5.89 Å². The molecule has 1 saturated carbocycles. The van der Waals surface area contributed by atoms with Crippen molar-refractivity contribution in [3.63, 3.8) is 0 Å². The molecular weight excluding hydrogens is 212 g/mol. The highest BCUT2D eigenvalue weighted by Crippen LogP contribution is 2.40. The van der Waals surface area contributed by atoms with E-state index in [0.29, 0.717) is 5.92 Å². The average molecular weight is 236 g/mol. The van der Waals surface area contributed by atoms with E-state index >= 15 is 0 Å². The van der Waals surface area contributed by atoms with Crippen molar-refractivity contribution < 1.29 is 4.52 Å². The molecule has 1 aliphatic carbocycles. The van der Waals surface area contributed by atoms with Gasteiger partial charge in [-0.1, -0.05) is 45.2 Å². The number of hydrogen-bond acceptors (Lipinski definition) is 3. The van der Waals surface area contributed by atoms with Crippen LogP contribution >= 0.6 is 0 Å². The van der Waals surface area contributed by atoms with Crippen LogP contribution in [0.15, 0.2) is 4.52 Å². The Morgan fingerprint density at radius 1 is 1.24 bits per heavy atom. The van der Waals surface area contributed by atoms with Crippen LogP contribution in [0.4, 0.5) is 0 Å². The molecule has 1 atom stereocenters. The summed E-state index contributed by atoms with van der Waals surface area (Å²) in [5, 5.41) is 4.15. The van der Waals surface area contributed by atoms with E-state index in [1.807, 2.05) is 0 Å². The molecule has 17 heavy (non-hydrogen) atoms. The molecule has 0 bridgehead atoms. The van der Waals surface area contributed by atoms with Gasteiger partial charge in [0.15, 0.2) is 5.82 Å². The molecule has 1 aromatic rings. The maximum Gasteiger partial charge on any atom is 0.232 e. The quantitative estimate of drug-likeness (QED) is 0.712. The molecule has 0 N–H and O–H groups in total. The number of aromatic nitrogens is 2. The van der Waals surface area contributed by atoms with Crippen LogP contribution in [0, 0.1) is 0 Å². The SMILES string of the molecule is CCCCC(C)(CCC)c1nc(C2CC2)no1. The monoisotopic (exact) mass is 236 g/mol. The molecule has 1 fully saturated rings. The van der Waals surface area contributed by atoms with Gasteiger partial charge in [-0.2, -0.15) is 4.98 Å². The van der Waals surface area contributed by atoms with Crippen LogP contribution in [-0.4, -0.2) is 10.1 Å². The first-order chi connectivity index (χ1) is 8.19. The zero-order valence-corrected chi connectivity index (χ0v) is 11.3. The third-order valence-corrected chi connectivity index (χ3v) is 3.78. The van der Waals surface area contributed by atoms with Crippen LogP contribution in [0.1, 0.15) is 83.3 Å². The fourth-order valence-corrected chi connectivity index (χ4v) is 2.44. The lowest BCUT2D eigenvalue weighted by Gasteiger charge is -2.24. The zero-order valence-electron chi connectivity index (χ0n) is 11.3. The predicted molar refractivity (Wildman–Crippen MR) is 68.1 cm³/mol. The molecule has 0 aliphatic heterocycles. The first-order valence-corrected chi connectivity index (χ1v) is 7.03. The smallest absolute Gasteiger partial charge is 0.232 e. The summed E-state index contributed by atoms with van der Waals surface area (Å²) in [7, 11) is 0. The minimum atomic E-state index is 0.0882. The van der Waals surface area contributed by atoms with Crippen molar-refractivity contribution in [2.24, 2.45) is 0 Å². The van der Waals surface area contributed by atoms with Gasteiger partial charge in [0.25, 0.3) is 0 Å². The summed E-state index contributed by atoms with van der Waals surface area (Å²) in [6.07, 6.45) is 8.39. The van der Waals surface area contributed by atoms with Crippen molar-refractivity contribution in [1.82, 2.24) is 10.1 Å². The van der Waals surface area contributed by atoms with Crippen molar-refractivity contribution in [2.75, 3.05) is 0 Å². The second-order valence-corrected chi connectivity index (χ2v) is 5.65. The molecule has 1 heterocycles. The standard InChI is InChI=1S/C14H24N2O/c1-4-6-10-14(3,9-5-2)13-15-12(16-17-13)11-7-8-11/h11H,4-10H2,1-3H3. The third kappa shape index (κ3) is 2.88. The van der Waals surface area contributed by atoms with Crippen LogP contribution in [-0.2, 0) is 5.41 Å². The van der Waals surface area contributed by atoms with E-state index in [4.69, 9.17) is 4.52 Å². The second-order valence-electron chi connectivity index (χ2n) is 5.65. The summed E-state index contributed by atoms with van der Waals surface area (Å²) >= 11 is 0. The molecular formula is C14H24N2O. The summed E-state index contributed by atoms with van der Waals surface area (Å²) in [6, 6.07) is 0. The van der Waals surface area contributed by atoms with Crippen LogP contribution in [0.25, 0.3) is 0 Å². The molecule has 1 aliphatic rings.